The Hall–Kier alpha value is -0.870. The summed E-state index contributed by atoms with van der Waals surface area (Å²) in [6, 6.07) is 3.77. The Kier molecular flexibility index (Phi) is 3.96. The maximum atomic E-state index is 9.39. The lowest BCUT2D eigenvalue weighted by Gasteiger charge is -2.29. The summed E-state index contributed by atoms with van der Waals surface area (Å²) in [4.78, 5) is 2.14. The Balaban J connectivity index is 2.18. The van der Waals surface area contributed by atoms with Gasteiger partial charge < -0.3 is 10.0 Å². The smallest absolute Gasteiger partial charge is 0.151 e. The van der Waals surface area contributed by atoms with Crippen LogP contribution in [0.15, 0.2) is 12.1 Å². The van der Waals surface area contributed by atoms with E-state index in [9.17, 15) is 5.11 Å². The van der Waals surface area contributed by atoms with Gasteiger partial charge in [0, 0.05) is 6.54 Å². The molecule has 0 amide bonds. The molecule has 1 saturated heterocycles. The molecule has 1 aliphatic rings. The Morgan fingerprint density at radius 1 is 1.31 bits per heavy atom. The first kappa shape index (κ1) is 11.6. The molecule has 1 aromatic heterocycles. The first-order chi connectivity index (χ1) is 7.81. The van der Waals surface area contributed by atoms with Crippen LogP contribution in [-0.2, 0) is 0 Å². The van der Waals surface area contributed by atoms with E-state index >= 15 is 0 Å². The van der Waals surface area contributed by atoms with Gasteiger partial charge in [0.15, 0.2) is 11.0 Å². The monoisotopic (exact) mass is 241 g/mol. The predicted molar refractivity (Wildman–Crippen MR) is 63.7 cm³/mol. The molecule has 2 heterocycles. The third kappa shape index (κ3) is 2.62. The predicted octanol–water partition coefficient (Wildman–Crippen LogP) is 1.87. The fraction of sp³-hybridized carbons (Fsp3) is 0.636. The van der Waals surface area contributed by atoms with Gasteiger partial charge in [-0.2, -0.15) is 0 Å². The second kappa shape index (κ2) is 5.46. The molecule has 5 heteroatoms. The van der Waals surface area contributed by atoms with Crippen LogP contribution in [0.4, 0.5) is 5.82 Å². The molecular formula is C11H16ClN3O. The minimum atomic E-state index is 0.165. The summed E-state index contributed by atoms with van der Waals surface area (Å²) >= 11 is 5.71. The average Bonchev–Trinajstić information content (AvgIpc) is 2.55. The highest BCUT2D eigenvalue weighted by molar-refractivity contribution is 6.29. The highest BCUT2D eigenvalue weighted by Gasteiger charge is 2.21. The van der Waals surface area contributed by atoms with Gasteiger partial charge >= 0.3 is 0 Å². The maximum absolute atomic E-state index is 9.39. The second-order valence-corrected chi connectivity index (χ2v) is 4.48. The largest absolute Gasteiger partial charge is 0.394 e. The molecule has 0 bridgehead atoms. The standard InChI is InChI=1S/C11H16ClN3O/c12-10-5-6-11(14-13-10)15-7-3-1-2-4-9(15)8-16/h5-6,9,16H,1-4,7-8H2. The SMILES string of the molecule is OCC1CCCCCN1c1ccc(Cl)nn1. The molecule has 0 saturated carbocycles. The second-order valence-electron chi connectivity index (χ2n) is 4.09. The van der Waals surface area contributed by atoms with Gasteiger partial charge in [0.05, 0.1) is 12.6 Å². The van der Waals surface area contributed by atoms with E-state index < -0.39 is 0 Å². The Morgan fingerprint density at radius 3 is 2.88 bits per heavy atom. The Labute approximate surface area is 100 Å². The van der Waals surface area contributed by atoms with Crippen molar-refractivity contribution in [3.8, 4) is 0 Å². The molecule has 2 rings (SSSR count). The van der Waals surface area contributed by atoms with Gasteiger partial charge in [-0.1, -0.05) is 24.4 Å². The summed E-state index contributed by atoms with van der Waals surface area (Å²) in [5.41, 5.74) is 0. The van der Waals surface area contributed by atoms with Crippen LogP contribution < -0.4 is 4.90 Å². The third-order valence-electron chi connectivity index (χ3n) is 3.00. The summed E-state index contributed by atoms with van der Waals surface area (Å²) in [5.74, 6) is 0.811. The minimum Gasteiger partial charge on any atom is -0.394 e. The van der Waals surface area contributed by atoms with Crippen LogP contribution >= 0.6 is 11.6 Å². The van der Waals surface area contributed by atoms with Gasteiger partial charge in [-0.05, 0) is 25.0 Å². The van der Waals surface area contributed by atoms with Gasteiger partial charge in [-0.3, -0.25) is 0 Å². The van der Waals surface area contributed by atoms with E-state index in [1.807, 2.05) is 6.07 Å². The van der Waals surface area contributed by atoms with Gasteiger partial charge in [0.25, 0.3) is 0 Å². The van der Waals surface area contributed by atoms with Crippen LogP contribution in [0.25, 0.3) is 0 Å². The fourth-order valence-electron chi connectivity index (χ4n) is 2.13. The summed E-state index contributed by atoms with van der Waals surface area (Å²) in [7, 11) is 0. The van der Waals surface area contributed by atoms with Crippen LogP contribution in [0.5, 0.6) is 0 Å². The van der Waals surface area contributed by atoms with E-state index in [2.05, 4.69) is 15.1 Å². The van der Waals surface area contributed by atoms with E-state index in [0.717, 1.165) is 25.2 Å². The van der Waals surface area contributed by atoms with E-state index in [0.29, 0.717) is 5.15 Å². The number of aromatic nitrogens is 2. The van der Waals surface area contributed by atoms with Gasteiger partial charge in [0.2, 0.25) is 0 Å². The Bertz CT molecular complexity index is 331. The van der Waals surface area contributed by atoms with Gasteiger partial charge in [-0.15, -0.1) is 10.2 Å². The van der Waals surface area contributed by atoms with Crippen molar-refractivity contribution >= 4 is 17.4 Å². The summed E-state index contributed by atoms with van der Waals surface area (Å²) in [6.45, 7) is 1.10. The molecule has 0 spiro atoms. The number of nitrogens with zero attached hydrogens (tertiary/aromatic N) is 3. The zero-order chi connectivity index (χ0) is 11.4. The van der Waals surface area contributed by atoms with Gasteiger partial charge in [-0.25, -0.2) is 0 Å². The maximum Gasteiger partial charge on any atom is 0.151 e. The van der Waals surface area contributed by atoms with Crippen LogP contribution in [0.1, 0.15) is 25.7 Å². The lowest BCUT2D eigenvalue weighted by molar-refractivity contribution is 0.254. The number of hydrogen-bond donors (Lipinski definition) is 1. The molecule has 1 unspecified atom stereocenters. The van der Waals surface area contributed by atoms with Crippen molar-refractivity contribution in [1.29, 1.82) is 0 Å². The summed E-state index contributed by atoms with van der Waals surface area (Å²) in [5, 5.41) is 17.7. The van der Waals surface area contributed by atoms with Gasteiger partial charge in [0.1, 0.15) is 0 Å². The number of aliphatic hydroxyl groups excluding tert-OH is 1. The van der Waals surface area contributed by atoms with E-state index in [-0.39, 0.29) is 12.6 Å². The quantitative estimate of drug-likeness (QED) is 0.859. The van der Waals surface area contributed by atoms with Crippen molar-refractivity contribution in [2.45, 2.75) is 31.7 Å². The molecule has 1 atom stereocenters. The number of halogens is 1. The molecule has 1 fully saturated rings. The molecule has 0 aromatic carbocycles. The molecule has 88 valence electrons. The first-order valence-corrected chi connectivity index (χ1v) is 6.06. The van der Waals surface area contributed by atoms with Crippen molar-refractivity contribution < 1.29 is 5.11 Å². The molecule has 1 aromatic rings. The van der Waals surface area contributed by atoms with E-state index in [4.69, 9.17) is 11.6 Å². The minimum absolute atomic E-state index is 0.165. The number of anilines is 1. The topological polar surface area (TPSA) is 49.2 Å². The van der Waals surface area contributed by atoms with Crippen molar-refractivity contribution in [3.05, 3.63) is 17.3 Å². The van der Waals surface area contributed by atoms with E-state index in [1.165, 1.54) is 12.8 Å². The molecule has 1 aliphatic heterocycles. The molecule has 0 radical (unpaired) electrons. The summed E-state index contributed by atoms with van der Waals surface area (Å²) in [6.07, 6.45) is 4.54. The number of rotatable bonds is 2. The lowest BCUT2D eigenvalue weighted by Crippen LogP contribution is -2.38. The molecule has 1 N–H and O–H groups in total. The Morgan fingerprint density at radius 2 is 2.19 bits per heavy atom. The zero-order valence-corrected chi connectivity index (χ0v) is 9.90. The van der Waals surface area contributed by atoms with Crippen LogP contribution in [0.2, 0.25) is 5.15 Å². The zero-order valence-electron chi connectivity index (χ0n) is 9.14. The van der Waals surface area contributed by atoms with Crippen molar-refractivity contribution in [3.63, 3.8) is 0 Å². The third-order valence-corrected chi connectivity index (χ3v) is 3.20. The first-order valence-electron chi connectivity index (χ1n) is 5.68. The molecule has 0 aliphatic carbocycles. The van der Waals surface area contributed by atoms with Crippen molar-refractivity contribution in [1.82, 2.24) is 10.2 Å². The highest BCUT2D eigenvalue weighted by atomic mass is 35.5. The van der Waals surface area contributed by atoms with Crippen LogP contribution in [-0.4, -0.2) is 34.5 Å². The summed E-state index contributed by atoms with van der Waals surface area (Å²) < 4.78 is 0. The van der Waals surface area contributed by atoms with Crippen molar-refractivity contribution in [2.24, 2.45) is 0 Å². The van der Waals surface area contributed by atoms with Crippen LogP contribution in [0.3, 0.4) is 0 Å². The lowest BCUT2D eigenvalue weighted by atomic mass is 10.1. The molecular weight excluding hydrogens is 226 g/mol. The van der Waals surface area contributed by atoms with Crippen molar-refractivity contribution in [2.75, 3.05) is 18.1 Å². The molecule has 4 nitrogen and oxygen atoms in total. The average molecular weight is 242 g/mol. The normalized spacial score (nSPS) is 21.9. The van der Waals surface area contributed by atoms with E-state index in [1.54, 1.807) is 6.07 Å². The fourth-order valence-corrected chi connectivity index (χ4v) is 2.23. The number of aliphatic hydroxyl groups is 1. The molecule has 16 heavy (non-hydrogen) atoms. The highest BCUT2D eigenvalue weighted by Crippen LogP contribution is 2.22. The number of hydrogen-bond acceptors (Lipinski definition) is 4. The van der Waals surface area contributed by atoms with Crippen LogP contribution in [0, 0.1) is 0 Å².